The van der Waals surface area contributed by atoms with Crippen LogP contribution >= 0.6 is 39.7 Å². The summed E-state index contributed by atoms with van der Waals surface area (Å²) in [7, 11) is 1.64. The molecule has 2 aromatic carbocycles. The summed E-state index contributed by atoms with van der Waals surface area (Å²) in [5, 5.41) is 0.713. The highest BCUT2D eigenvalue weighted by Crippen LogP contribution is 2.35. The Kier molecular flexibility index (Phi) is 6.79. The van der Waals surface area contributed by atoms with Gasteiger partial charge in [0.1, 0.15) is 11.6 Å². The van der Waals surface area contributed by atoms with Crippen molar-refractivity contribution in [1.82, 2.24) is 4.90 Å². The topological polar surface area (TPSA) is 21.7 Å². The van der Waals surface area contributed by atoms with Gasteiger partial charge in [0.15, 0.2) is 11.5 Å². The Morgan fingerprint density at radius 3 is 2.46 bits per heavy atom. The molecule has 3 rings (SSSR count). The molecule has 1 saturated heterocycles. The maximum atomic E-state index is 5.96. The van der Waals surface area contributed by atoms with Crippen LogP contribution in [-0.4, -0.2) is 30.1 Å². The number of nitrogens with zero attached hydrogens (tertiary/aromatic N) is 1. The summed E-state index contributed by atoms with van der Waals surface area (Å²) in [6.45, 7) is 2.47. The normalized spacial score (nSPS) is 14.2. The molecule has 1 aliphatic rings. The van der Waals surface area contributed by atoms with Gasteiger partial charge >= 0.3 is 0 Å². The molecular weight excluding hydrogens is 434 g/mol. The third-order valence-electron chi connectivity index (χ3n) is 4.43. The lowest BCUT2D eigenvalue weighted by atomic mass is 10.1. The van der Waals surface area contributed by atoms with Crippen molar-refractivity contribution in [2.45, 2.75) is 25.9 Å². The lowest BCUT2D eigenvalue weighted by Gasteiger charge is -2.29. The highest BCUT2D eigenvalue weighted by Gasteiger charge is 2.19. The predicted molar refractivity (Wildman–Crippen MR) is 114 cm³/mol. The van der Waals surface area contributed by atoms with Gasteiger partial charge in [0.25, 0.3) is 0 Å². The average molecular weight is 455 g/mol. The van der Waals surface area contributed by atoms with Crippen molar-refractivity contribution in [2.24, 2.45) is 0 Å². The van der Waals surface area contributed by atoms with Crippen molar-refractivity contribution < 1.29 is 9.47 Å². The van der Waals surface area contributed by atoms with E-state index < -0.39 is 0 Å². The predicted octanol–water partition coefficient (Wildman–Crippen LogP) is 5.85. The molecule has 0 atom stereocenters. The van der Waals surface area contributed by atoms with Gasteiger partial charge in [-0.15, -0.1) is 0 Å². The Morgan fingerprint density at radius 2 is 1.81 bits per heavy atom. The van der Waals surface area contributed by atoms with Gasteiger partial charge in [0, 0.05) is 28.1 Å². The number of hydrogen-bond acceptors (Lipinski definition) is 3. The molecule has 0 N–H and O–H groups in total. The Labute approximate surface area is 173 Å². The van der Waals surface area contributed by atoms with Gasteiger partial charge in [-0.1, -0.05) is 36.0 Å². The van der Waals surface area contributed by atoms with Gasteiger partial charge < -0.3 is 14.4 Å². The Bertz CT molecular complexity index is 776. The molecule has 0 radical (unpaired) electrons. The van der Waals surface area contributed by atoms with Gasteiger partial charge in [-0.05, 0) is 65.0 Å². The number of halogens is 2. The molecule has 2 aromatic rings. The summed E-state index contributed by atoms with van der Waals surface area (Å²) < 4.78 is 12.4. The maximum absolute atomic E-state index is 5.96. The molecular formula is C20H21BrClNO2S. The largest absolute Gasteiger partial charge is 0.493 e. The van der Waals surface area contributed by atoms with Crippen LogP contribution in [0.4, 0.5) is 0 Å². The van der Waals surface area contributed by atoms with E-state index in [2.05, 4.69) is 20.8 Å². The fourth-order valence-corrected chi connectivity index (χ4v) is 4.10. The Balaban J connectivity index is 1.77. The van der Waals surface area contributed by atoms with Crippen molar-refractivity contribution in [1.29, 1.82) is 0 Å². The highest BCUT2D eigenvalue weighted by molar-refractivity contribution is 9.10. The lowest BCUT2D eigenvalue weighted by Crippen LogP contribution is -2.35. The van der Waals surface area contributed by atoms with E-state index in [4.69, 9.17) is 33.3 Å². The van der Waals surface area contributed by atoms with Crippen LogP contribution in [0.25, 0.3) is 0 Å². The van der Waals surface area contributed by atoms with Crippen molar-refractivity contribution in [3.8, 4) is 11.5 Å². The van der Waals surface area contributed by atoms with E-state index >= 15 is 0 Å². The smallest absolute Gasteiger partial charge is 0.162 e. The van der Waals surface area contributed by atoms with Gasteiger partial charge in [0.05, 0.1) is 7.11 Å². The van der Waals surface area contributed by atoms with Gasteiger partial charge in [-0.2, -0.15) is 0 Å². The first-order chi connectivity index (χ1) is 12.6. The quantitative estimate of drug-likeness (QED) is 0.528. The minimum atomic E-state index is 0.440. The third-order valence-corrected chi connectivity index (χ3v) is 5.82. The molecule has 0 unspecified atom stereocenters. The number of likely N-dealkylation sites (tertiary alicyclic amines) is 1. The lowest BCUT2D eigenvalue weighted by molar-refractivity contribution is 0.284. The molecule has 0 bridgehead atoms. The van der Waals surface area contributed by atoms with E-state index in [1.807, 2.05) is 36.4 Å². The zero-order valence-corrected chi connectivity index (χ0v) is 17.8. The van der Waals surface area contributed by atoms with E-state index in [1.165, 1.54) is 19.3 Å². The monoisotopic (exact) mass is 453 g/mol. The summed E-state index contributed by atoms with van der Waals surface area (Å²) in [5.41, 5.74) is 2.01. The first-order valence-electron chi connectivity index (χ1n) is 8.62. The molecule has 138 valence electrons. The molecule has 3 nitrogen and oxygen atoms in total. The minimum Gasteiger partial charge on any atom is -0.493 e. The van der Waals surface area contributed by atoms with E-state index in [-0.39, 0.29) is 0 Å². The fraction of sp³-hybridized carbons (Fsp3) is 0.350. The summed E-state index contributed by atoms with van der Waals surface area (Å²) in [6, 6.07) is 11.5. The molecule has 0 aromatic heterocycles. The van der Waals surface area contributed by atoms with Gasteiger partial charge in [-0.3, -0.25) is 0 Å². The van der Waals surface area contributed by atoms with E-state index in [0.717, 1.165) is 33.7 Å². The molecule has 26 heavy (non-hydrogen) atoms. The van der Waals surface area contributed by atoms with E-state index in [0.29, 0.717) is 23.1 Å². The van der Waals surface area contributed by atoms with Crippen molar-refractivity contribution in [3.05, 3.63) is 57.0 Å². The number of methoxy groups -OCH3 is 1. The van der Waals surface area contributed by atoms with Crippen LogP contribution in [-0.2, 0) is 6.61 Å². The molecule has 1 fully saturated rings. The summed E-state index contributed by atoms with van der Waals surface area (Å²) in [5.74, 6) is 1.36. The average Bonchev–Trinajstić information content (AvgIpc) is 2.68. The van der Waals surface area contributed by atoms with Crippen LogP contribution in [0.15, 0.2) is 40.9 Å². The number of hydrogen-bond donors (Lipinski definition) is 0. The maximum Gasteiger partial charge on any atom is 0.162 e. The minimum absolute atomic E-state index is 0.440. The first kappa shape index (κ1) is 19.5. The number of ether oxygens (including phenoxy) is 2. The number of piperidine rings is 1. The molecule has 0 aliphatic carbocycles. The summed E-state index contributed by atoms with van der Waals surface area (Å²) >= 11 is 15.3. The zero-order valence-electron chi connectivity index (χ0n) is 14.6. The summed E-state index contributed by atoms with van der Waals surface area (Å²) in [4.78, 5) is 3.13. The first-order valence-corrected chi connectivity index (χ1v) is 10.2. The molecule has 6 heteroatoms. The second-order valence-electron chi connectivity index (χ2n) is 6.25. The second kappa shape index (κ2) is 9.07. The zero-order chi connectivity index (χ0) is 18.5. The van der Waals surface area contributed by atoms with Crippen LogP contribution in [0.1, 0.15) is 30.4 Å². The van der Waals surface area contributed by atoms with Crippen LogP contribution in [0, 0.1) is 0 Å². The molecule has 0 saturated carbocycles. The molecule has 0 amide bonds. The van der Waals surface area contributed by atoms with Crippen LogP contribution in [0.5, 0.6) is 11.5 Å². The third kappa shape index (κ3) is 4.70. The number of rotatable bonds is 5. The Morgan fingerprint density at radius 1 is 1.12 bits per heavy atom. The van der Waals surface area contributed by atoms with Crippen LogP contribution < -0.4 is 9.47 Å². The van der Waals surface area contributed by atoms with Crippen LogP contribution in [0.2, 0.25) is 5.02 Å². The second-order valence-corrected chi connectivity index (χ2v) is 7.93. The van der Waals surface area contributed by atoms with Crippen molar-refractivity contribution in [2.75, 3.05) is 20.2 Å². The number of thiocarbonyl (C=S) groups is 1. The SMILES string of the molecule is COc1cc(C(=S)N2CCCCC2)c(Br)cc1OCc1ccc(Cl)cc1. The molecule has 1 heterocycles. The van der Waals surface area contributed by atoms with Crippen LogP contribution in [0.3, 0.4) is 0 Å². The van der Waals surface area contributed by atoms with Gasteiger partial charge in [0.2, 0.25) is 0 Å². The number of benzene rings is 2. The highest BCUT2D eigenvalue weighted by atomic mass is 79.9. The van der Waals surface area contributed by atoms with E-state index in [9.17, 15) is 0 Å². The molecule has 1 aliphatic heterocycles. The van der Waals surface area contributed by atoms with Gasteiger partial charge in [-0.25, -0.2) is 0 Å². The van der Waals surface area contributed by atoms with E-state index in [1.54, 1.807) is 7.11 Å². The standard InChI is InChI=1S/C20H21BrClNO2S/c1-24-18-11-16(20(26)23-9-3-2-4-10-23)17(21)12-19(18)25-13-14-5-7-15(22)8-6-14/h5-8,11-12H,2-4,9-10,13H2,1H3. The van der Waals surface area contributed by atoms with Crippen molar-refractivity contribution in [3.63, 3.8) is 0 Å². The summed E-state index contributed by atoms with van der Waals surface area (Å²) in [6.07, 6.45) is 3.66. The fourth-order valence-electron chi connectivity index (χ4n) is 2.98. The van der Waals surface area contributed by atoms with Crippen molar-refractivity contribution >= 4 is 44.7 Å². The Hall–Kier alpha value is -1.30. The molecule has 0 spiro atoms.